The Bertz CT molecular complexity index is 857. The summed E-state index contributed by atoms with van der Waals surface area (Å²) in [6.07, 6.45) is 4.78. The molecular formula is C19H20N4O2. The van der Waals surface area contributed by atoms with Crippen molar-refractivity contribution in [2.24, 2.45) is 5.92 Å². The molecule has 1 aliphatic rings. The Morgan fingerprint density at radius 1 is 1.20 bits per heavy atom. The number of benzene rings is 1. The number of rotatable bonds is 4. The van der Waals surface area contributed by atoms with Gasteiger partial charge in [0.25, 0.3) is 0 Å². The third-order valence-electron chi connectivity index (χ3n) is 4.35. The number of hydrogen-bond acceptors (Lipinski definition) is 3. The van der Waals surface area contributed by atoms with E-state index in [1.54, 1.807) is 0 Å². The van der Waals surface area contributed by atoms with E-state index in [9.17, 15) is 4.79 Å². The summed E-state index contributed by atoms with van der Waals surface area (Å²) < 4.78 is 7.68. The predicted octanol–water partition coefficient (Wildman–Crippen LogP) is 2.38. The average molecular weight is 336 g/mol. The number of nitrogens with one attached hydrogen (secondary N) is 2. The Balaban J connectivity index is 1.25. The van der Waals surface area contributed by atoms with Crippen LogP contribution >= 0.6 is 0 Å². The molecule has 3 heterocycles. The van der Waals surface area contributed by atoms with Gasteiger partial charge in [-0.1, -0.05) is 24.3 Å². The van der Waals surface area contributed by atoms with Crippen molar-refractivity contribution >= 4 is 11.7 Å². The number of aromatic nitrogens is 2. The van der Waals surface area contributed by atoms with Crippen LogP contribution in [0, 0.1) is 5.92 Å². The normalized spacial score (nSPS) is 16.1. The van der Waals surface area contributed by atoms with Crippen LogP contribution in [-0.4, -0.2) is 28.6 Å². The molecule has 2 aromatic heterocycles. The largest absolute Gasteiger partial charge is 0.493 e. The summed E-state index contributed by atoms with van der Waals surface area (Å²) in [5.74, 6) is 1.24. The summed E-state index contributed by atoms with van der Waals surface area (Å²) >= 11 is 0. The molecule has 0 saturated heterocycles. The number of urea groups is 1. The molecule has 0 unspecified atom stereocenters. The molecule has 3 aromatic rings. The van der Waals surface area contributed by atoms with Crippen LogP contribution in [-0.2, 0) is 13.0 Å². The zero-order valence-corrected chi connectivity index (χ0v) is 13.8. The number of imidazole rings is 1. The number of fused-ring (bicyclic) bond motifs is 2. The predicted molar refractivity (Wildman–Crippen MR) is 94.6 cm³/mol. The molecule has 25 heavy (non-hydrogen) atoms. The van der Waals surface area contributed by atoms with Gasteiger partial charge in [0.1, 0.15) is 11.4 Å². The van der Waals surface area contributed by atoms with E-state index in [-0.39, 0.29) is 11.9 Å². The number of hydrogen-bond donors (Lipinski definition) is 2. The van der Waals surface area contributed by atoms with Gasteiger partial charge in [-0.05, 0) is 30.2 Å². The number of amides is 2. The highest BCUT2D eigenvalue weighted by molar-refractivity contribution is 5.73. The molecule has 0 bridgehead atoms. The number of pyridine rings is 1. The van der Waals surface area contributed by atoms with Gasteiger partial charge in [-0.2, -0.15) is 0 Å². The van der Waals surface area contributed by atoms with Crippen molar-refractivity contribution < 1.29 is 9.53 Å². The van der Waals surface area contributed by atoms with E-state index in [1.165, 1.54) is 5.56 Å². The number of para-hydroxylation sites is 1. The van der Waals surface area contributed by atoms with Crippen LogP contribution < -0.4 is 15.4 Å². The Hall–Kier alpha value is -3.02. The minimum atomic E-state index is -0.184. The first-order chi connectivity index (χ1) is 12.3. The summed E-state index contributed by atoms with van der Waals surface area (Å²) in [6, 6.07) is 13.7. The number of carbonyl (C=O) groups excluding carboxylic acids is 1. The fourth-order valence-electron chi connectivity index (χ4n) is 3.06. The highest BCUT2D eigenvalue weighted by atomic mass is 16.5. The van der Waals surface area contributed by atoms with Gasteiger partial charge < -0.3 is 19.8 Å². The van der Waals surface area contributed by atoms with Crippen LogP contribution in [0.3, 0.4) is 0 Å². The van der Waals surface area contributed by atoms with Gasteiger partial charge in [0, 0.05) is 24.9 Å². The van der Waals surface area contributed by atoms with Crippen molar-refractivity contribution in [1.82, 2.24) is 20.0 Å². The van der Waals surface area contributed by atoms with Gasteiger partial charge in [-0.25, -0.2) is 9.78 Å². The zero-order chi connectivity index (χ0) is 17.1. The summed E-state index contributed by atoms with van der Waals surface area (Å²) in [6.45, 7) is 1.62. The number of carbonyl (C=O) groups is 1. The van der Waals surface area contributed by atoms with E-state index < -0.39 is 0 Å². The van der Waals surface area contributed by atoms with Crippen molar-refractivity contribution in [3.63, 3.8) is 0 Å². The average Bonchev–Trinajstić information content (AvgIpc) is 3.07. The molecule has 0 saturated carbocycles. The molecule has 0 fully saturated rings. The van der Waals surface area contributed by atoms with Gasteiger partial charge in [0.05, 0.1) is 18.8 Å². The SMILES string of the molecule is O=C(NCc1cn2ccccc2n1)NC[C@@H]1COc2ccccc2C1. The third-order valence-corrected chi connectivity index (χ3v) is 4.35. The molecule has 4 rings (SSSR count). The molecule has 0 radical (unpaired) electrons. The zero-order valence-electron chi connectivity index (χ0n) is 13.8. The Kier molecular flexibility index (Phi) is 4.24. The maximum Gasteiger partial charge on any atom is 0.315 e. The molecule has 2 amide bonds. The maximum absolute atomic E-state index is 12.0. The Morgan fingerprint density at radius 3 is 3.00 bits per heavy atom. The van der Waals surface area contributed by atoms with E-state index in [0.29, 0.717) is 19.7 Å². The topological polar surface area (TPSA) is 67.7 Å². The standard InChI is InChI=1S/C19H20N4O2/c24-19(21-11-16-12-23-8-4-3-7-18(23)22-16)20-10-14-9-15-5-1-2-6-17(15)25-13-14/h1-8,12,14H,9-11,13H2,(H2,20,21,24)/t14-/m1/s1. The summed E-state index contributed by atoms with van der Waals surface area (Å²) in [5, 5.41) is 5.77. The molecule has 0 spiro atoms. The third kappa shape index (κ3) is 3.57. The minimum absolute atomic E-state index is 0.184. The first kappa shape index (κ1) is 15.5. The van der Waals surface area contributed by atoms with Crippen molar-refractivity contribution in [3.8, 4) is 5.75 Å². The summed E-state index contributed by atoms with van der Waals surface area (Å²) in [5.41, 5.74) is 2.90. The van der Waals surface area contributed by atoms with Gasteiger partial charge in [0.15, 0.2) is 0 Å². The number of nitrogens with zero attached hydrogens (tertiary/aromatic N) is 2. The Morgan fingerprint density at radius 2 is 2.08 bits per heavy atom. The highest BCUT2D eigenvalue weighted by Gasteiger charge is 2.19. The lowest BCUT2D eigenvalue weighted by Crippen LogP contribution is -2.40. The smallest absolute Gasteiger partial charge is 0.315 e. The Labute approximate surface area is 145 Å². The summed E-state index contributed by atoms with van der Waals surface area (Å²) in [7, 11) is 0. The first-order valence-corrected chi connectivity index (χ1v) is 8.43. The second kappa shape index (κ2) is 6.84. The second-order valence-corrected chi connectivity index (χ2v) is 6.25. The van der Waals surface area contributed by atoms with Crippen LogP contribution in [0.1, 0.15) is 11.3 Å². The van der Waals surface area contributed by atoms with E-state index in [1.807, 2.05) is 53.2 Å². The molecule has 1 aromatic carbocycles. The molecule has 0 aliphatic carbocycles. The molecule has 6 heteroatoms. The van der Waals surface area contributed by atoms with Crippen molar-refractivity contribution in [1.29, 1.82) is 0 Å². The van der Waals surface area contributed by atoms with E-state index in [2.05, 4.69) is 21.7 Å². The highest BCUT2D eigenvalue weighted by Crippen LogP contribution is 2.26. The molecule has 2 N–H and O–H groups in total. The minimum Gasteiger partial charge on any atom is -0.493 e. The maximum atomic E-state index is 12.0. The monoisotopic (exact) mass is 336 g/mol. The van der Waals surface area contributed by atoms with Gasteiger partial charge in [-0.3, -0.25) is 0 Å². The fourth-order valence-corrected chi connectivity index (χ4v) is 3.06. The molecule has 128 valence electrons. The quantitative estimate of drug-likeness (QED) is 0.769. The van der Waals surface area contributed by atoms with Crippen LogP contribution in [0.2, 0.25) is 0 Å². The lowest BCUT2D eigenvalue weighted by atomic mass is 9.97. The van der Waals surface area contributed by atoms with E-state index in [4.69, 9.17) is 4.74 Å². The van der Waals surface area contributed by atoms with E-state index in [0.717, 1.165) is 23.5 Å². The lowest BCUT2D eigenvalue weighted by Gasteiger charge is -2.25. The molecular weight excluding hydrogens is 316 g/mol. The van der Waals surface area contributed by atoms with Crippen LogP contribution in [0.15, 0.2) is 54.9 Å². The van der Waals surface area contributed by atoms with E-state index >= 15 is 0 Å². The summed E-state index contributed by atoms with van der Waals surface area (Å²) in [4.78, 5) is 16.5. The second-order valence-electron chi connectivity index (χ2n) is 6.25. The fraction of sp³-hybridized carbons (Fsp3) is 0.263. The van der Waals surface area contributed by atoms with Gasteiger partial charge in [-0.15, -0.1) is 0 Å². The van der Waals surface area contributed by atoms with Crippen LogP contribution in [0.4, 0.5) is 4.79 Å². The van der Waals surface area contributed by atoms with Gasteiger partial charge >= 0.3 is 6.03 Å². The first-order valence-electron chi connectivity index (χ1n) is 8.43. The molecule has 1 atom stereocenters. The van der Waals surface area contributed by atoms with Crippen molar-refractivity contribution in [2.75, 3.05) is 13.2 Å². The molecule has 6 nitrogen and oxygen atoms in total. The lowest BCUT2D eigenvalue weighted by molar-refractivity contribution is 0.211. The molecule has 1 aliphatic heterocycles. The van der Waals surface area contributed by atoms with Crippen LogP contribution in [0.5, 0.6) is 5.75 Å². The van der Waals surface area contributed by atoms with Crippen molar-refractivity contribution in [3.05, 3.63) is 66.1 Å². The number of ether oxygens (including phenoxy) is 1. The van der Waals surface area contributed by atoms with Gasteiger partial charge in [0.2, 0.25) is 0 Å². The van der Waals surface area contributed by atoms with Crippen LogP contribution in [0.25, 0.3) is 5.65 Å². The van der Waals surface area contributed by atoms with Crippen molar-refractivity contribution in [2.45, 2.75) is 13.0 Å².